The van der Waals surface area contributed by atoms with Gasteiger partial charge in [0.15, 0.2) is 0 Å². The number of carboxylic acid groups (broad SMARTS) is 1. The van der Waals surface area contributed by atoms with Crippen molar-refractivity contribution in [1.82, 2.24) is 5.32 Å². The largest absolute Gasteiger partial charge is 0.481 e. The van der Waals surface area contributed by atoms with Crippen molar-refractivity contribution in [2.24, 2.45) is 0 Å². The van der Waals surface area contributed by atoms with Gasteiger partial charge in [-0.25, -0.2) is 0 Å². The summed E-state index contributed by atoms with van der Waals surface area (Å²) in [6, 6.07) is 8.01. The number of fused-ring (bicyclic) bond motifs is 1. The lowest BCUT2D eigenvalue weighted by Crippen LogP contribution is -2.16. The molecule has 0 aliphatic carbocycles. The smallest absolute Gasteiger partial charge is 0.303 e. The molecular formula is C14H17NO3. The Morgan fingerprint density at radius 2 is 2.22 bits per heavy atom. The number of carbonyl (C=O) groups is 1. The number of nitrogens with one attached hydrogen (secondary N) is 1. The van der Waals surface area contributed by atoms with Gasteiger partial charge in [0.25, 0.3) is 0 Å². The topological polar surface area (TPSA) is 62.5 Å². The molecule has 4 heteroatoms. The first-order valence-electron chi connectivity index (χ1n) is 6.07. The number of hydrogen-bond donors (Lipinski definition) is 2. The van der Waals surface area contributed by atoms with Crippen molar-refractivity contribution in [2.75, 3.05) is 7.05 Å². The number of hydrogen-bond acceptors (Lipinski definition) is 3. The Balaban J connectivity index is 2.14. The van der Waals surface area contributed by atoms with Crippen molar-refractivity contribution in [3.63, 3.8) is 0 Å². The molecule has 0 aliphatic rings. The number of rotatable bonds is 6. The maximum Gasteiger partial charge on any atom is 0.303 e. The molecule has 0 fully saturated rings. The van der Waals surface area contributed by atoms with Gasteiger partial charge in [0.2, 0.25) is 0 Å². The zero-order valence-corrected chi connectivity index (χ0v) is 10.3. The Morgan fingerprint density at radius 1 is 1.44 bits per heavy atom. The average Bonchev–Trinajstić information content (AvgIpc) is 2.78. The second-order valence-corrected chi connectivity index (χ2v) is 4.31. The molecule has 2 aromatic rings. The van der Waals surface area contributed by atoms with Crippen molar-refractivity contribution in [3.8, 4) is 0 Å². The first kappa shape index (κ1) is 12.6. The van der Waals surface area contributed by atoms with E-state index in [4.69, 9.17) is 9.52 Å². The molecular weight excluding hydrogens is 230 g/mol. The third kappa shape index (κ3) is 2.71. The van der Waals surface area contributed by atoms with Crippen molar-refractivity contribution in [1.29, 1.82) is 0 Å². The van der Waals surface area contributed by atoms with Gasteiger partial charge in [-0.15, -0.1) is 0 Å². The van der Waals surface area contributed by atoms with Crippen molar-refractivity contribution < 1.29 is 14.3 Å². The van der Waals surface area contributed by atoms with Crippen molar-refractivity contribution in [2.45, 2.75) is 25.3 Å². The van der Waals surface area contributed by atoms with Crippen LogP contribution in [0.25, 0.3) is 11.0 Å². The number of para-hydroxylation sites is 1. The molecule has 2 rings (SSSR count). The van der Waals surface area contributed by atoms with Crippen LogP contribution in [0.4, 0.5) is 0 Å². The summed E-state index contributed by atoms with van der Waals surface area (Å²) >= 11 is 0. The summed E-state index contributed by atoms with van der Waals surface area (Å²) in [7, 11) is 1.88. The molecule has 0 saturated heterocycles. The minimum Gasteiger partial charge on any atom is -0.481 e. The predicted octanol–water partition coefficient (Wildman–Crippen LogP) is 2.95. The van der Waals surface area contributed by atoms with Crippen LogP contribution in [0.1, 0.15) is 30.9 Å². The lowest BCUT2D eigenvalue weighted by molar-refractivity contribution is -0.137. The van der Waals surface area contributed by atoms with E-state index >= 15 is 0 Å². The molecule has 1 aromatic heterocycles. The molecule has 0 aliphatic heterocycles. The average molecular weight is 247 g/mol. The van der Waals surface area contributed by atoms with E-state index in [1.807, 2.05) is 31.3 Å². The molecule has 0 amide bonds. The predicted molar refractivity (Wildman–Crippen MR) is 69.5 cm³/mol. The van der Waals surface area contributed by atoms with E-state index in [-0.39, 0.29) is 12.5 Å². The van der Waals surface area contributed by atoms with E-state index in [0.717, 1.165) is 23.0 Å². The molecule has 0 radical (unpaired) electrons. The Bertz CT molecular complexity index is 533. The van der Waals surface area contributed by atoms with E-state index in [0.29, 0.717) is 6.42 Å². The normalized spacial score (nSPS) is 12.7. The number of furan rings is 1. The Kier molecular flexibility index (Phi) is 3.99. The monoisotopic (exact) mass is 247 g/mol. The molecule has 96 valence electrons. The van der Waals surface area contributed by atoms with Crippen LogP contribution in [-0.4, -0.2) is 18.1 Å². The summed E-state index contributed by atoms with van der Waals surface area (Å²) in [6.45, 7) is 0. The van der Waals surface area contributed by atoms with Crippen LogP contribution in [0.5, 0.6) is 0 Å². The number of carboxylic acids is 1. The summed E-state index contributed by atoms with van der Waals surface area (Å²) in [5.41, 5.74) is 1.96. The van der Waals surface area contributed by atoms with Crippen molar-refractivity contribution in [3.05, 3.63) is 36.1 Å². The second-order valence-electron chi connectivity index (χ2n) is 4.31. The van der Waals surface area contributed by atoms with E-state index in [9.17, 15) is 4.79 Å². The van der Waals surface area contributed by atoms with Crippen LogP contribution in [0.3, 0.4) is 0 Å². The minimum atomic E-state index is -0.748. The molecule has 2 N–H and O–H groups in total. The van der Waals surface area contributed by atoms with Crippen LogP contribution in [0.15, 0.2) is 34.9 Å². The van der Waals surface area contributed by atoms with Crippen LogP contribution in [0.2, 0.25) is 0 Å². The molecule has 1 atom stereocenters. The van der Waals surface area contributed by atoms with E-state index in [2.05, 4.69) is 5.32 Å². The Hall–Kier alpha value is -1.81. The highest BCUT2D eigenvalue weighted by Gasteiger charge is 2.15. The van der Waals surface area contributed by atoms with E-state index < -0.39 is 5.97 Å². The van der Waals surface area contributed by atoms with Gasteiger partial charge in [-0.1, -0.05) is 18.2 Å². The van der Waals surface area contributed by atoms with Gasteiger partial charge >= 0.3 is 5.97 Å². The fraction of sp³-hybridized carbons (Fsp3) is 0.357. The van der Waals surface area contributed by atoms with E-state index in [1.54, 1.807) is 6.26 Å². The zero-order chi connectivity index (χ0) is 13.0. The molecule has 1 unspecified atom stereocenters. The Morgan fingerprint density at radius 3 is 2.94 bits per heavy atom. The molecule has 1 aromatic carbocycles. The highest BCUT2D eigenvalue weighted by Crippen LogP contribution is 2.28. The highest BCUT2D eigenvalue weighted by atomic mass is 16.4. The fourth-order valence-corrected chi connectivity index (χ4v) is 2.18. The maximum atomic E-state index is 10.5. The maximum absolute atomic E-state index is 10.5. The SMILES string of the molecule is CNC(CCCC(=O)O)c1coc2ccccc12. The zero-order valence-electron chi connectivity index (χ0n) is 10.3. The lowest BCUT2D eigenvalue weighted by atomic mass is 10.0. The first-order valence-corrected chi connectivity index (χ1v) is 6.07. The fourth-order valence-electron chi connectivity index (χ4n) is 2.18. The summed E-state index contributed by atoms with van der Waals surface area (Å²) in [5, 5.41) is 13.0. The molecule has 4 nitrogen and oxygen atoms in total. The van der Waals surface area contributed by atoms with Gasteiger partial charge in [0.05, 0.1) is 6.26 Å². The van der Waals surface area contributed by atoms with Gasteiger partial charge in [-0.2, -0.15) is 0 Å². The molecule has 0 spiro atoms. The summed E-state index contributed by atoms with van der Waals surface area (Å²) in [6.07, 6.45) is 3.40. The molecule has 18 heavy (non-hydrogen) atoms. The van der Waals surface area contributed by atoms with Crippen LogP contribution >= 0.6 is 0 Å². The van der Waals surface area contributed by atoms with Crippen LogP contribution in [0, 0.1) is 0 Å². The summed E-state index contributed by atoms with van der Waals surface area (Å²) in [4.78, 5) is 10.5. The minimum absolute atomic E-state index is 0.132. The van der Waals surface area contributed by atoms with Gasteiger partial charge in [-0.3, -0.25) is 4.79 Å². The first-order chi connectivity index (χ1) is 8.72. The quantitative estimate of drug-likeness (QED) is 0.823. The second kappa shape index (κ2) is 5.69. The van der Waals surface area contributed by atoms with Gasteiger partial charge in [0.1, 0.15) is 5.58 Å². The molecule has 1 heterocycles. The van der Waals surface area contributed by atoms with Crippen LogP contribution in [-0.2, 0) is 4.79 Å². The Labute approximate surface area is 106 Å². The lowest BCUT2D eigenvalue weighted by Gasteiger charge is -2.14. The third-order valence-electron chi connectivity index (χ3n) is 3.12. The third-order valence-corrected chi connectivity index (χ3v) is 3.12. The number of aliphatic carboxylic acids is 1. The van der Waals surface area contributed by atoms with Gasteiger partial charge in [-0.05, 0) is 26.0 Å². The van der Waals surface area contributed by atoms with Gasteiger partial charge < -0.3 is 14.8 Å². The van der Waals surface area contributed by atoms with Crippen molar-refractivity contribution >= 4 is 16.9 Å². The molecule has 0 bridgehead atoms. The summed E-state index contributed by atoms with van der Waals surface area (Å²) in [5.74, 6) is -0.748. The van der Waals surface area contributed by atoms with Gasteiger partial charge in [0, 0.05) is 23.4 Å². The molecule has 0 saturated carbocycles. The van der Waals surface area contributed by atoms with Crippen LogP contribution < -0.4 is 5.32 Å². The summed E-state index contributed by atoms with van der Waals surface area (Å²) < 4.78 is 5.50. The van der Waals surface area contributed by atoms with E-state index in [1.165, 1.54) is 0 Å². The number of benzene rings is 1. The highest BCUT2D eigenvalue weighted by molar-refractivity contribution is 5.81. The standard InChI is InChI=1S/C14H17NO3/c1-15-12(6-4-8-14(16)17)11-9-18-13-7-3-2-5-10(11)13/h2-3,5,7,9,12,15H,4,6,8H2,1H3,(H,16,17).